The highest BCUT2D eigenvalue weighted by Crippen LogP contribution is 2.21. The molecular weight excluding hydrogens is 194 g/mol. The van der Waals surface area contributed by atoms with Crippen molar-refractivity contribution in [3.05, 3.63) is 17.5 Å². The summed E-state index contributed by atoms with van der Waals surface area (Å²) in [7, 11) is 1.81. The second-order valence-electron chi connectivity index (χ2n) is 4.15. The molecule has 0 saturated heterocycles. The highest BCUT2D eigenvalue weighted by molar-refractivity contribution is 5.74. The van der Waals surface area contributed by atoms with Gasteiger partial charge >= 0.3 is 5.97 Å². The molecule has 1 unspecified atom stereocenters. The van der Waals surface area contributed by atoms with Crippen LogP contribution in [0.4, 0.5) is 0 Å². The summed E-state index contributed by atoms with van der Waals surface area (Å²) in [6.07, 6.45) is 0.399. The third-order valence-corrected chi connectivity index (χ3v) is 2.64. The number of aromatic nitrogens is 2. The number of aliphatic carboxylic acids is 1. The first-order valence-corrected chi connectivity index (χ1v) is 4.82. The molecule has 1 aromatic heterocycles. The van der Waals surface area contributed by atoms with Crippen molar-refractivity contribution >= 4 is 5.97 Å². The summed E-state index contributed by atoms with van der Waals surface area (Å²) in [5.74, 6) is -0.871. The van der Waals surface area contributed by atoms with Gasteiger partial charge in [0, 0.05) is 25.7 Å². The molecule has 0 fully saturated rings. The van der Waals surface area contributed by atoms with Crippen molar-refractivity contribution in [1.29, 1.82) is 0 Å². The normalized spacial score (nSPS) is 14.9. The molecule has 0 aromatic carbocycles. The number of nitrogens with two attached hydrogens (primary N) is 1. The molecule has 0 bridgehead atoms. The molecule has 1 heterocycles. The first-order chi connectivity index (χ1) is 6.89. The van der Waals surface area contributed by atoms with Gasteiger partial charge in [-0.25, -0.2) is 0 Å². The minimum absolute atomic E-state index is 0.118. The molecule has 5 nitrogen and oxygen atoms in total. The average molecular weight is 211 g/mol. The van der Waals surface area contributed by atoms with E-state index in [2.05, 4.69) is 5.10 Å². The number of hydrogen-bond acceptors (Lipinski definition) is 3. The van der Waals surface area contributed by atoms with E-state index in [0.29, 0.717) is 6.42 Å². The van der Waals surface area contributed by atoms with E-state index in [4.69, 9.17) is 10.8 Å². The Kier molecular flexibility index (Phi) is 3.14. The highest BCUT2D eigenvalue weighted by Gasteiger charge is 2.32. The minimum Gasteiger partial charge on any atom is -0.481 e. The van der Waals surface area contributed by atoms with E-state index in [1.54, 1.807) is 18.7 Å². The van der Waals surface area contributed by atoms with E-state index < -0.39 is 11.4 Å². The van der Waals surface area contributed by atoms with Gasteiger partial charge in [-0.15, -0.1) is 0 Å². The highest BCUT2D eigenvalue weighted by atomic mass is 16.4. The van der Waals surface area contributed by atoms with Crippen molar-refractivity contribution in [2.75, 3.05) is 6.54 Å². The lowest BCUT2D eigenvalue weighted by molar-refractivity contribution is -0.147. The van der Waals surface area contributed by atoms with Gasteiger partial charge in [0.25, 0.3) is 0 Å². The van der Waals surface area contributed by atoms with E-state index in [1.165, 1.54) is 0 Å². The molecule has 0 radical (unpaired) electrons. The zero-order valence-electron chi connectivity index (χ0n) is 9.32. The Labute approximate surface area is 88.9 Å². The summed E-state index contributed by atoms with van der Waals surface area (Å²) in [4.78, 5) is 11.1. The Bertz CT molecular complexity index is 373. The standard InChI is InChI=1S/C10H17N3O2/c1-7-4-8(13(3)12-7)5-10(2,6-11)9(14)15/h4H,5-6,11H2,1-3H3,(H,14,15). The second kappa shape index (κ2) is 4.02. The van der Waals surface area contributed by atoms with E-state index in [1.807, 2.05) is 13.0 Å². The number of carbonyl (C=O) groups is 1. The molecular formula is C10H17N3O2. The zero-order chi connectivity index (χ0) is 11.6. The van der Waals surface area contributed by atoms with Gasteiger partial charge in [0.2, 0.25) is 0 Å². The van der Waals surface area contributed by atoms with Crippen molar-refractivity contribution < 1.29 is 9.90 Å². The van der Waals surface area contributed by atoms with Gasteiger partial charge in [0.15, 0.2) is 0 Å². The van der Waals surface area contributed by atoms with Crippen LogP contribution in [0.1, 0.15) is 18.3 Å². The molecule has 5 heteroatoms. The average Bonchev–Trinajstić information content (AvgIpc) is 2.44. The molecule has 15 heavy (non-hydrogen) atoms. The Morgan fingerprint density at radius 2 is 2.33 bits per heavy atom. The fourth-order valence-electron chi connectivity index (χ4n) is 1.46. The predicted molar refractivity (Wildman–Crippen MR) is 56.4 cm³/mol. The maximum atomic E-state index is 11.1. The SMILES string of the molecule is Cc1cc(CC(C)(CN)C(=O)O)n(C)n1. The van der Waals surface area contributed by atoms with Crippen molar-refractivity contribution in [1.82, 2.24) is 9.78 Å². The molecule has 1 aromatic rings. The van der Waals surface area contributed by atoms with Crippen LogP contribution in [0.25, 0.3) is 0 Å². The molecule has 0 spiro atoms. The molecule has 0 saturated carbocycles. The lowest BCUT2D eigenvalue weighted by Crippen LogP contribution is -2.38. The number of rotatable bonds is 4. The van der Waals surface area contributed by atoms with Gasteiger partial charge in [-0.1, -0.05) is 0 Å². The summed E-state index contributed by atoms with van der Waals surface area (Å²) in [5.41, 5.74) is 6.36. The number of nitrogens with zero attached hydrogens (tertiary/aromatic N) is 2. The zero-order valence-corrected chi connectivity index (χ0v) is 9.32. The first kappa shape index (κ1) is 11.7. The fourth-order valence-corrected chi connectivity index (χ4v) is 1.46. The molecule has 0 aliphatic heterocycles. The molecule has 1 rings (SSSR count). The summed E-state index contributed by atoms with van der Waals surface area (Å²) in [6, 6.07) is 1.89. The van der Waals surface area contributed by atoms with Crippen LogP contribution in [-0.4, -0.2) is 27.4 Å². The quantitative estimate of drug-likeness (QED) is 0.751. The number of hydrogen-bond donors (Lipinski definition) is 2. The molecule has 3 N–H and O–H groups in total. The molecule has 1 atom stereocenters. The third-order valence-electron chi connectivity index (χ3n) is 2.64. The first-order valence-electron chi connectivity index (χ1n) is 4.82. The smallest absolute Gasteiger partial charge is 0.311 e. The Hall–Kier alpha value is -1.36. The Morgan fingerprint density at radius 1 is 1.73 bits per heavy atom. The molecule has 0 aliphatic rings. The van der Waals surface area contributed by atoms with Crippen LogP contribution < -0.4 is 5.73 Å². The van der Waals surface area contributed by atoms with E-state index in [-0.39, 0.29) is 6.54 Å². The molecule has 0 amide bonds. The second-order valence-corrected chi connectivity index (χ2v) is 4.15. The van der Waals surface area contributed by atoms with Crippen LogP contribution in [0.3, 0.4) is 0 Å². The summed E-state index contributed by atoms with van der Waals surface area (Å²) in [5, 5.41) is 13.3. The lowest BCUT2D eigenvalue weighted by atomic mass is 9.85. The number of carboxylic acid groups (broad SMARTS) is 1. The predicted octanol–water partition coefficient (Wildman–Crippen LogP) is 0.321. The van der Waals surface area contributed by atoms with Crippen LogP contribution in [0.15, 0.2) is 6.07 Å². The van der Waals surface area contributed by atoms with Crippen molar-refractivity contribution in [3.63, 3.8) is 0 Å². The van der Waals surface area contributed by atoms with Gasteiger partial charge in [0.1, 0.15) is 0 Å². The molecule has 84 valence electrons. The van der Waals surface area contributed by atoms with Crippen LogP contribution >= 0.6 is 0 Å². The topological polar surface area (TPSA) is 81.1 Å². The van der Waals surface area contributed by atoms with Crippen LogP contribution in [0, 0.1) is 12.3 Å². The number of aryl methyl sites for hydroxylation is 2. The van der Waals surface area contributed by atoms with Crippen LogP contribution in [0.2, 0.25) is 0 Å². The van der Waals surface area contributed by atoms with E-state index >= 15 is 0 Å². The van der Waals surface area contributed by atoms with Crippen molar-refractivity contribution in [2.24, 2.45) is 18.2 Å². The maximum absolute atomic E-state index is 11.1. The van der Waals surface area contributed by atoms with E-state index in [0.717, 1.165) is 11.4 Å². The van der Waals surface area contributed by atoms with Crippen LogP contribution in [-0.2, 0) is 18.3 Å². The Morgan fingerprint density at radius 3 is 2.67 bits per heavy atom. The van der Waals surface area contributed by atoms with E-state index in [9.17, 15) is 4.79 Å². The summed E-state index contributed by atoms with van der Waals surface area (Å²) < 4.78 is 1.70. The third kappa shape index (κ3) is 2.36. The maximum Gasteiger partial charge on any atom is 0.311 e. The van der Waals surface area contributed by atoms with Gasteiger partial charge in [0.05, 0.1) is 11.1 Å². The van der Waals surface area contributed by atoms with Crippen molar-refractivity contribution in [2.45, 2.75) is 20.3 Å². The van der Waals surface area contributed by atoms with Gasteiger partial charge in [-0.05, 0) is 19.9 Å². The van der Waals surface area contributed by atoms with Gasteiger partial charge in [-0.3, -0.25) is 9.48 Å². The molecule has 0 aliphatic carbocycles. The fraction of sp³-hybridized carbons (Fsp3) is 0.600. The summed E-state index contributed by atoms with van der Waals surface area (Å²) >= 11 is 0. The number of carboxylic acids is 1. The lowest BCUT2D eigenvalue weighted by Gasteiger charge is -2.22. The van der Waals surface area contributed by atoms with Gasteiger partial charge < -0.3 is 10.8 Å². The largest absolute Gasteiger partial charge is 0.481 e. The Balaban J connectivity index is 2.93. The van der Waals surface area contributed by atoms with Crippen LogP contribution in [0.5, 0.6) is 0 Å². The van der Waals surface area contributed by atoms with Crippen molar-refractivity contribution in [3.8, 4) is 0 Å². The monoisotopic (exact) mass is 211 g/mol. The summed E-state index contributed by atoms with van der Waals surface area (Å²) in [6.45, 7) is 3.65. The van der Waals surface area contributed by atoms with Gasteiger partial charge in [-0.2, -0.15) is 5.10 Å². The minimum atomic E-state index is -0.916.